The quantitative estimate of drug-likeness (QED) is 0.0134. The second-order valence-electron chi connectivity index (χ2n) is 23.9. The van der Waals surface area contributed by atoms with Crippen molar-refractivity contribution >= 4 is 52.8 Å². The van der Waals surface area contributed by atoms with Crippen LogP contribution in [0.4, 0.5) is 9.59 Å². The third-order valence-electron chi connectivity index (χ3n) is 17.1. The number of nitrogens with zero attached hydrogens (tertiary/aromatic N) is 11. The maximum absolute atomic E-state index is 13.5. The topological polar surface area (TPSA) is 357 Å². The summed E-state index contributed by atoms with van der Waals surface area (Å²) in [6.07, 6.45) is 5.24. The average molecular weight is 1530 g/mol. The Balaban J connectivity index is 0.000000253. The maximum atomic E-state index is 13.5. The first-order chi connectivity index (χ1) is 49.8. The third-order valence-corrected chi connectivity index (χ3v) is 17.1. The molecule has 0 spiro atoms. The number of aromatic amines is 1. The number of imidazole rings is 2. The predicted molar refractivity (Wildman–Crippen MR) is 385 cm³/mol. The Labute approximate surface area is 620 Å². The number of fused-ring (bicyclic) bond motifs is 2. The monoisotopic (exact) mass is 1520 g/mol. The van der Waals surface area contributed by atoms with Gasteiger partial charge in [-0.3, -0.25) is 13.9 Å². The number of aromatic nitrogens is 12. The largest absolute Gasteiger partial charge is 0.511 e. The van der Waals surface area contributed by atoms with E-state index in [2.05, 4.69) is 46.1 Å². The SMILES string of the molecule is CCOc1nc2cccc(C(=O)OC(C)OC(=O)OC3CCCCC3)c2n1Cc1ccc(-c2ccccc2-c2nn[nH]n2)cc1.CCOc1nc2cccc(C(=O)OC(C)OC(=O)OC3CCCCC3)c2n1Cc1ccc(-c2ccccc2-c2nnnn2Cc2ccc(OC)cc2)cc1.N.O=CO.[CH3-].[Pd]. The number of ether oxygens (including phenoxy) is 9. The van der Waals surface area contributed by atoms with E-state index < -0.39 is 36.8 Å². The van der Waals surface area contributed by atoms with Crippen LogP contribution in [-0.4, -0.2) is 141 Å². The number of hydrogen-bond donors (Lipinski definition) is 3. The molecule has 0 aliphatic heterocycles. The molecule has 105 heavy (non-hydrogen) atoms. The van der Waals surface area contributed by atoms with E-state index in [9.17, 15) is 19.2 Å². The van der Waals surface area contributed by atoms with Crippen molar-refractivity contribution < 1.29 is 92.1 Å². The number of carbonyl (C=O) groups is 5. The minimum Gasteiger partial charge on any atom is -0.497 e. The van der Waals surface area contributed by atoms with E-state index in [-0.39, 0.29) is 63.8 Å². The standard InChI is InChI=1S/C41H42N6O7.C33H34N6O6.CH2O2.CH3.H3N.Pd/c1-4-51-40-42-36-16-10-15-35(39(48)52-27(2)53-41(49)54-32-11-6-5-7-12-32)37(36)46(40)25-28-17-21-30(22-18-28)33-13-8-9-14-34(33)38-43-44-45-47(38)26-29-19-23-31(50-3)24-20-29;1-3-42-32-34-28-15-9-14-27(31(40)43-21(2)44-33(41)45-24-10-5-4-6-11-24)29(28)39(32)20-22-16-18-23(19-17-22)25-12-7-8-13-26(25)30-35-37-38-36-30;2-1-3;;;/h8-10,13-24,27,32H,4-7,11-12,25-26H2,1-3H3;7-9,12-19,21,24H,3-6,10-11,20H2,1-2H3,(H,35,36,37,38);1H,(H,2,3);2*1H3;/q;;;-1;;. The van der Waals surface area contributed by atoms with Crippen molar-refractivity contribution in [1.82, 2.24) is 66.1 Å². The summed E-state index contributed by atoms with van der Waals surface area (Å²) in [6, 6.07) is 51.1. The predicted octanol–water partition coefficient (Wildman–Crippen LogP) is 14.5. The summed E-state index contributed by atoms with van der Waals surface area (Å²) >= 11 is 0. The minimum absolute atomic E-state index is 0. The number of para-hydroxylation sites is 2. The van der Waals surface area contributed by atoms with Crippen LogP contribution in [0.15, 0.2) is 158 Å². The number of nitrogens with one attached hydrogen (secondary N) is 1. The Morgan fingerprint density at radius 1 is 0.552 bits per heavy atom. The third kappa shape index (κ3) is 20.3. The molecule has 4 heterocycles. The fourth-order valence-corrected chi connectivity index (χ4v) is 12.4. The summed E-state index contributed by atoms with van der Waals surface area (Å²) in [6.45, 7) is 8.49. The van der Waals surface area contributed by atoms with Gasteiger partial charge in [-0.25, -0.2) is 23.9 Å². The summed E-state index contributed by atoms with van der Waals surface area (Å²) in [5, 5.41) is 34.0. The van der Waals surface area contributed by atoms with Crippen LogP contribution in [0.3, 0.4) is 0 Å². The van der Waals surface area contributed by atoms with Crippen LogP contribution >= 0.6 is 0 Å². The summed E-state index contributed by atoms with van der Waals surface area (Å²) in [7, 11) is 1.64. The van der Waals surface area contributed by atoms with Crippen molar-refractivity contribution in [3.63, 3.8) is 0 Å². The molecule has 28 nitrogen and oxygen atoms in total. The maximum Gasteiger partial charge on any atom is 0.511 e. The van der Waals surface area contributed by atoms with Gasteiger partial charge in [-0.1, -0.05) is 134 Å². The van der Waals surface area contributed by atoms with Crippen LogP contribution < -0.4 is 20.4 Å². The van der Waals surface area contributed by atoms with Gasteiger partial charge in [0, 0.05) is 45.4 Å². The zero-order chi connectivity index (χ0) is 71.3. The zero-order valence-corrected chi connectivity index (χ0v) is 60.7. The normalized spacial score (nSPS) is 13.2. The van der Waals surface area contributed by atoms with Crippen molar-refractivity contribution in [2.45, 2.75) is 136 Å². The molecular formula is C76H84N13O15Pd-. The smallest absolute Gasteiger partial charge is 0.497 e. The number of carbonyl (C=O) groups excluding carboxylic acids is 4. The zero-order valence-electron chi connectivity index (χ0n) is 59.1. The molecule has 5 N–H and O–H groups in total. The first-order valence-electron chi connectivity index (χ1n) is 33.8. The Bertz CT molecular complexity index is 4620. The molecule has 2 unspecified atom stereocenters. The molecule has 4 aromatic heterocycles. The van der Waals surface area contributed by atoms with Crippen molar-refractivity contribution in [3.8, 4) is 62.8 Å². The van der Waals surface area contributed by atoms with E-state index in [1.165, 1.54) is 13.8 Å². The molecule has 0 radical (unpaired) electrons. The molecule has 0 saturated heterocycles. The Morgan fingerprint density at radius 3 is 1.42 bits per heavy atom. The van der Waals surface area contributed by atoms with E-state index in [0.717, 1.165) is 120 Å². The minimum atomic E-state index is -1.16. The van der Waals surface area contributed by atoms with E-state index in [1.54, 1.807) is 36.1 Å². The molecule has 2 saturated carbocycles. The number of methoxy groups -OCH3 is 1. The summed E-state index contributed by atoms with van der Waals surface area (Å²) in [5.74, 6) is 0.631. The number of benzene rings is 7. The molecule has 29 heteroatoms. The van der Waals surface area contributed by atoms with Crippen LogP contribution in [0.1, 0.15) is 129 Å². The molecule has 0 bridgehead atoms. The van der Waals surface area contributed by atoms with Gasteiger partial charge in [0.05, 0.1) is 73.2 Å². The van der Waals surface area contributed by atoms with Crippen LogP contribution in [0.2, 0.25) is 0 Å². The Hall–Kier alpha value is -11.4. The number of tetrazole rings is 2. The van der Waals surface area contributed by atoms with Crippen molar-refractivity contribution in [2.24, 2.45) is 0 Å². The second-order valence-corrected chi connectivity index (χ2v) is 23.9. The Kier molecular flexibility index (Phi) is 29.3. The summed E-state index contributed by atoms with van der Waals surface area (Å²) in [5.41, 5.74) is 11.4. The van der Waals surface area contributed by atoms with Crippen LogP contribution in [-0.2, 0) is 73.3 Å². The number of carboxylic acid groups (broad SMARTS) is 1. The molecular weight excluding hydrogens is 1440 g/mol. The average Bonchev–Trinajstić information content (AvgIpc) is 1.61. The molecule has 13 rings (SSSR count). The number of hydrogen-bond acceptors (Lipinski definition) is 23. The Morgan fingerprint density at radius 2 is 0.981 bits per heavy atom. The van der Waals surface area contributed by atoms with Gasteiger partial charge in [-0.05, 0) is 156 Å². The first-order valence-corrected chi connectivity index (χ1v) is 33.8. The second kappa shape index (κ2) is 38.7. The summed E-state index contributed by atoms with van der Waals surface area (Å²) in [4.78, 5) is 69.3. The number of H-pyrrole nitrogens is 1. The fraction of sp³-hybridized carbons (Fsp3) is 0.316. The fourth-order valence-electron chi connectivity index (χ4n) is 12.4. The summed E-state index contributed by atoms with van der Waals surface area (Å²) < 4.78 is 55.1. The van der Waals surface area contributed by atoms with Crippen molar-refractivity contribution in [1.29, 1.82) is 0 Å². The van der Waals surface area contributed by atoms with E-state index in [0.29, 0.717) is 78.6 Å². The van der Waals surface area contributed by atoms with Gasteiger partial charge < -0.3 is 61.3 Å². The van der Waals surface area contributed by atoms with E-state index in [4.69, 9.17) is 52.5 Å². The van der Waals surface area contributed by atoms with Crippen LogP contribution in [0.25, 0.3) is 67.1 Å². The molecule has 554 valence electrons. The van der Waals surface area contributed by atoms with Gasteiger partial charge in [0.25, 0.3) is 18.5 Å². The molecule has 2 fully saturated rings. The van der Waals surface area contributed by atoms with Crippen LogP contribution in [0.5, 0.6) is 17.8 Å². The number of rotatable bonds is 23. The van der Waals surface area contributed by atoms with Gasteiger partial charge in [-0.15, -0.1) is 15.3 Å². The molecule has 11 aromatic rings. The molecule has 0 amide bonds. The van der Waals surface area contributed by atoms with Crippen molar-refractivity contribution in [2.75, 3.05) is 20.3 Å². The van der Waals surface area contributed by atoms with E-state index >= 15 is 0 Å². The molecule has 2 atom stereocenters. The first kappa shape index (κ1) is 79.3. The van der Waals surface area contributed by atoms with Gasteiger partial charge in [0.2, 0.25) is 18.4 Å². The van der Waals surface area contributed by atoms with Gasteiger partial charge >= 0.3 is 24.2 Å². The molecule has 2 aliphatic carbocycles. The molecule has 2 aliphatic rings. The molecule has 7 aromatic carbocycles. The van der Waals surface area contributed by atoms with Crippen molar-refractivity contribution in [3.05, 3.63) is 193 Å². The number of esters is 2. The van der Waals surface area contributed by atoms with Gasteiger partial charge in [0.1, 0.15) is 18.0 Å². The van der Waals surface area contributed by atoms with Gasteiger partial charge in [0.15, 0.2) is 5.82 Å². The van der Waals surface area contributed by atoms with Crippen LogP contribution in [0, 0.1) is 7.43 Å². The van der Waals surface area contributed by atoms with E-state index in [1.807, 2.05) is 156 Å². The van der Waals surface area contributed by atoms with Gasteiger partial charge in [-0.2, -0.15) is 15.2 Å².